The minimum absolute atomic E-state index is 0.0348. The number of ketones is 1. The van der Waals surface area contributed by atoms with Crippen LogP contribution >= 0.6 is 0 Å². The molecule has 126 valence electrons. The van der Waals surface area contributed by atoms with Crippen molar-refractivity contribution < 1.29 is 29.0 Å². The zero-order valence-corrected chi connectivity index (χ0v) is 13.4. The average molecular weight is 330 g/mol. The first-order valence-electron chi connectivity index (χ1n) is 7.37. The summed E-state index contributed by atoms with van der Waals surface area (Å²) in [4.78, 5) is 22.3. The van der Waals surface area contributed by atoms with E-state index in [9.17, 15) is 9.59 Å². The van der Waals surface area contributed by atoms with Gasteiger partial charge in [0, 0.05) is 12.5 Å². The Morgan fingerprint density at radius 1 is 1.21 bits per heavy atom. The third-order valence-corrected chi connectivity index (χ3v) is 3.04. The number of carbonyl (C=O) groups is 2. The van der Waals surface area contributed by atoms with E-state index in [0.29, 0.717) is 18.3 Å². The number of aliphatic carboxylic acids is 1. The molecule has 1 heterocycles. The molecule has 0 atom stereocenters. The summed E-state index contributed by atoms with van der Waals surface area (Å²) in [6.45, 7) is 3.88. The second-order valence-electron chi connectivity index (χ2n) is 5.46. The van der Waals surface area contributed by atoms with Crippen LogP contribution in [0.2, 0.25) is 0 Å². The molecular formula is C18H18O6. The molecule has 0 unspecified atom stereocenters. The average Bonchev–Trinajstić information content (AvgIpc) is 2.95. The fraction of sp³-hybridized carbons (Fsp3) is 0.222. The van der Waals surface area contributed by atoms with Crippen LogP contribution in [0.4, 0.5) is 0 Å². The number of aliphatic hydroxyl groups is 1. The van der Waals surface area contributed by atoms with E-state index < -0.39 is 17.5 Å². The maximum absolute atomic E-state index is 11.8. The lowest BCUT2D eigenvalue weighted by molar-refractivity contribution is -0.135. The first-order valence-corrected chi connectivity index (χ1v) is 7.37. The molecule has 2 rings (SSSR count). The van der Waals surface area contributed by atoms with E-state index in [0.717, 1.165) is 11.3 Å². The molecule has 1 aromatic carbocycles. The van der Waals surface area contributed by atoms with Crippen molar-refractivity contribution >= 4 is 11.8 Å². The largest absolute Gasteiger partial charge is 0.502 e. The third kappa shape index (κ3) is 4.74. The summed E-state index contributed by atoms with van der Waals surface area (Å²) in [7, 11) is 0. The molecule has 6 heteroatoms. The Kier molecular flexibility index (Phi) is 5.42. The van der Waals surface area contributed by atoms with Gasteiger partial charge in [0.15, 0.2) is 5.76 Å². The highest BCUT2D eigenvalue weighted by Gasteiger charge is 2.13. The Morgan fingerprint density at radius 2 is 1.96 bits per heavy atom. The van der Waals surface area contributed by atoms with Gasteiger partial charge in [-0.05, 0) is 43.7 Å². The van der Waals surface area contributed by atoms with Gasteiger partial charge in [0.25, 0.3) is 0 Å². The highest BCUT2D eigenvalue weighted by atomic mass is 16.5. The molecule has 0 amide bonds. The Bertz CT molecular complexity index is 769. The van der Waals surface area contributed by atoms with E-state index in [1.165, 1.54) is 6.07 Å². The first-order chi connectivity index (χ1) is 11.3. The topological polar surface area (TPSA) is 97.0 Å². The molecule has 0 aliphatic heterocycles. The molecule has 0 bridgehead atoms. The summed E-state index contributed by atoms with van der Waals surface area (Å²) in [5.74, 6) is -2.05. The van der Waals surface area contributed by atoms with E-state index >= 15 is 0 Å². The van der Waals surface area contributed by atoms with Gasteiger partial charge in [-0.1, -0.05) is 12.1 Å². The fourth-order valence-electron chi connectivity index (χ4n) is 2.06. The van der Waals surface area contributed by atoms with Crippen molar-refractivity contribution in [1.29, 1.82) is 0 Å². The highest BCUT2D eigenvalue weighted by Crippen LogP contribution is 2.19. The smallest absolute Gasteiger partial charge is 0.371 e. The van der Waals surface area contributed by atoms with E-state index in [1.807, 2.05) is 38.1 Å². The number of aliphatic hydroxyl groups excluding tert-OH is 1. The second-order valence-corrected chi connectivity index (χ2v) is 5.46. The van der Waals surface area contributed by atoms with Crippen LogP contribution in [0.3, 0.4) is 0 Å². The summed E-state index contributed by atoms with van der Waals surface area (Å²) < 4.78 is 11.0. The molecule has 0 aliphatic carbocycles. The first kappa shape index (κ1) is 17.3. The van der Waals surface area contributed by atoms with Crippen molar-refractivity contribution in [3.8, 4) is 5.75 Å². The molecule has 1 aromatic heterocycles. The number of carboxylic acid groups (broad SMARTS) is 1. The van der Waals surface area contributed by atoms with Gasteiger partial charge < -0.3 is 19.4 Å². The highest BCUT2D eigenvalue weighted by molar-refractivity contribution is 6.06. The van der Waals surface area contributed by atoms with Gasteiger partial charge in [0.2, 0.25) is 11.5 Å². The number of allylic oxidation sites excluding steroid dienone is 1. The summed E-state index contributed by atoms with van der Waals surface area (Å²) in [6, 6.07) is 10.6. The Labute approximate surface area is 139 Å². The standard InChI is InChI=1S/C18H18O6/c1-11(2)23-13-5-3-4-12(8-13)9-14-6-7-17(24-14)15(19)10-16(20)18(21)22/h3-8,10-11,20H,9H2,1-2H3,(H,21,22). The van der Waals surface area contributed by atoms with Crippen LogP contribution in [-0.4, -0.2) is 28.1 Å². The predicted octanol–water partition coefficient (Wildman–Crippen LogP) is 3.37. The summed E-state index contributed by atoms with van der Waals surface area (Å²) in [5, 5.41) is 17.6. The van der Waals surface area contributed by atoms with Crippen molar-refractivity contribution in [2.75, 3.05) is 0 Å². The fourth-order valence-corrected chi connectivity index (χ4v) is 2.06. The maximum atomic E-state index is 11.8. The van der Waals surface area contributed by atoms with E-state index in [4.69, 9.17) is 19.4 Å². The summed E-state index contributed by atoms with van der Waals surface area (Å²) in [6.07, 6.45) is 1.14. The van der Waals surface area contributed by atoms with Crippen molar-refractivity contribution in [2.24, 2.45) is 0 Å². The Morgan fingerprint density at radius 3 is 2.62 bits per heavy atom. The minimum Gasteiger partial charge on any atom is -0.502 e. The molecule has 0 saturated heterocycles. The van der Waals surface area contributed by atoms with Gasteiger partial charge >= 0.3 is 5.97 Å². The zero-order chi connectivity index (χ0) is 17.7. The van der Waals surface area contributed by atoms with Crippen LogP contribution in [0, 0.1) is 0 Å². The number of carboxylic acids is 1. The molecule has 0 spiro atoms. The summed E-state index contributed by atoms with van der Waals surface area (Å²) >= 11 is 0. The van der Waals surface area contributed by atoms with E-state index in [-0.39, 0.29) is 11.9 Å². The maximum Gasteiger partial charge on any atom is 0.371 e. The van der Waals surface area contributed by atoms with Crippen LogP contribution in [0.15, 0.2) is 52.7 Å². The number of rotatable bonds is 7. The normalized spacial score (nSPS) is 11.5. The number of ether oxygens (including phenoxy) is 1. The van der Waals surface area contributed by atoms with Gasteiger partial charge in [-0.25, -0.2) is 4.79 Å². The summed E-state index contributed by atoms with van der Waals surface area (Å²) in [5.41, 5.74) is 0.949. The number of hydrogen-bond acceptors (Lipinski definition) is 5. The van der Waals surface area contributed by atoms with Gasteiger partial charge in [-0.15, -0.1) is 0 Å². The molecule has 2 N–H and O–H groups in total. The van der Waals surface area contributed by atoms with Crippen LogP contribution < -0.4 is 4.74 Å². The number of carbonyl (C=O) groups excluding carboxylic acids is 1. The molecule has 2 aromatic rings. The number of furan rings is 1. The van der Waals surface area contributed by atoms with Crippen molar-refractivity contribution in [1.82, 2.24) is 0 Å². The van der Waals surface area contributed by atoms with Gasteiger partial charge in [0.05, 0.1) is 6.10 Å². The van der Waals surface area contributed by atoms with Crippen LogP contribution in [0.5, 0.6) is 5.75 Å². The predicted molar refractivity (Wildman–Crippen MR) is 86.4 cm³/mol. The molecule has 6 nitrogen and oxygen atoms in total. The third-order valence-electron chi connectivity index (χ3n) is 3.04. The van der Waals surface area contributed by atoms with Gasteiger partial charge in [-0.3, -0.25) is 4.79 Å². The number of hydrogen-bond donors (Lipinski definition) is 2. The Balaban J connectivity index is 2.10. The minimum atomic E-state index is -1.57. The molecule has 0 aliphatic rings. The second kappa shape index (κ2) is 7.50. The quantitative estimate of drug-likeness (QED) is 0.459. The lowest BCUT2D eigenvalue weighted by Gasteiger charge is -2.10. The monoisotopic (exact) mass is 330 g/mol. The van der Waals surface area contributed by atoms with Crippen LogP contribution in [0.25, 0.3) is 0 Å². The van der Waals surface area contributed by atoms with Crippen LogP contribution in [0.1, 0.15) is 35.7 Å². The molecule has 0 radical (unpaired) electrons. The van der Waals surface area contributed by atoms with Crippen molar-refractivity contribution in [3.05, 3.63) is 65.3 Å². The van der Waals surface area contributed by atoms with E-state index in [1.54, 1.807) is 6.07 Å². The SMILES string of the molecule is CC(C)Oc1cccc(Cc2ccc(C(=O)C=C(O)C(=O)O)o2)c1. The lowest BCUT2D eigenvalue weighted by Crippen LogP contribution is -2.05. The Hall–Kier alpha value is -3.02. The molecule has 0 fully saturated rings. The van der Waals surface area contributed by atoms with E-state index in [2.05, 4.69) is 0 Å². The van der Waals surface area contributed by atoms with Gasteiger partial charge in [0.1, 0.15) is 11.5 Å². The van der Waals surface area contributed by atoms with Crippen molar-refractivity contribution in [3.63, 3.8) is 0 Å². The molecule has 0 saturated carbocycles. The molecular weight excluding hydrogens is 312 g/mol. The lowest BCUT2D eigenvalue weighted by atomic mass is 10.1. The molecule has 24 heavy (non-hydrogen) atoms. The zero-order valence-electron chi connectivity index (χ0n) is 13.4. The number of benzene rings is 1. The van der Waals surface area contributed by atoms with Crippen molar-refractivity contribution in [2.45, 2.75) is 26.4 Å². The van der Waals surface area contributed by atoms with Gasteiger partial charge in [-0.2, -0.15) is 0 Å². The van der Waals surface area contributed by atoms with Crippen LogP contribution in [-0.2, 0) is 11.2 Å².